The molecule has 2 atom stereocenters. The molecule has 2 heterocycles. The highest BCUT2D eigenvalue weighted by molar-refractivity contribution is 5.80. The van der Waals surface area contributed by atoms with E-state index in [1.165, 1.54) is 0 Å². The number of morpholine rings is 1. The Hall–Kier alpha value is -1.14. The summed E-state index contributed by atoms with van der Waals surface area (Å²) in [6.45, 7) is 5.34. The van der Waals surface area contributed by atoms with Crippen molar-refractivity contribution in [3.63, 3.8) is 0 Å². The normalized spacial score (nSPS) is 29.2. The van der Waals surface area contributed by atoms with Gasteiger partial charge in [0.25, 0.3) is 0 Å². The first-order chi connectivity index (χ1) is 9.08. The quantitative estimate of drug-likeness (QED) is 0.783. The Morgan fingerprint density at radius 1 is 1.26 bits per heavy atom. The van der Waals surface area contributed by atoms with E-state index in [4.69, 9.17) is 4.74 Å². The number of aliphatic carboxylic acids is 1. The van der Waals surface area contributed by atoms with Crippen molar-refractivity contribution >= 4 is 11.9 Å². The third-order valence-electron chi connectivity index (χ3n) is 3.96. The van der Waals surface area contributed by atoms with Crippen molar-refractivity contribution in [2.75, 3.05) is 39.4 Å². The summed E-state index contributed by atoms with van der Waals surface area (Å²) >= 11 is 0. The van der Waals surface area contributed by atoms with Gasteiger partial charge in [0.2, 0.25) is 5.91 Å². The van der Waals surface area contributed by atoms with Crippen LogP contribution in [0.2, 0.25) is 0 Å². The summed E-state index contributed by atoms with van der Waals surface area (Å²) in [5.41, 5.74) is 0. The second-order valence-electron chi connectivity index (χ2n) is 5.45. The van der Waals surface area contributed by atoms with Crippen LogP contribution in [0.1, 0.15) is 19.8 Å². The van der Waals surface area contributed by atoms with Gasteiger partial charge in [-0.15, -0.1) is 0 Å². The largest absolute Gasteiger partial charge is 0.480 e. The first-order valence-corrected chi connectivity index (χ1v) is 6.90. The van der Waals surface area contributed by atoms with E-state index in [9.17, 15) is 14.7 Å². The summed E-state index contributed by atoms with van der Waals surface area (Å²) in [6, 6.07) is -0.520. The molecule has 0 spiro atoms. The average Bonchev–Trinajstić information content (AvgIpc) is 2.41. The van der Waals surface area contributed by atoms with Gasteiger partial charge in [0, 0.05) is 13.1 Å². The number of carbonyl (C=O) groups is 2. The highest BCUT2D eigenvalue weighted by Crippen LogP contribution is 2.22. The lowest BCUT2D eigenvalue weighted by molar-refractivity contribution is -0.148. The third-order valence-corrected chi connectivity index (χ3v) is 3.96. The maximum absolute atomic E-state index is 12.2. The molecule has 2 unspecified atom stereocenters. The number of piperidine rings is 1. The van der Waals surface area contributed by atoms with Crippen LogP contribution in [-0.4, -0.2) is 72.2 Å². The van der Waals surface area contributed by atoms with E-state index in [0.717, 1.165) is 6.42 Å². The Morgan fingerprint density at radius 2 is 1.95 bits per heavy atom. The summed E-state index contributed by atoms with van der Waals surface area (Å²) in [4.78, 5) is 27.0. The molecule has 6 nitrogen and oxygen atoms in total. The van der Waals surface area contributed by atoms with Crippen LogP contribution in [0.4, 0.5) is 0 Å². The SMILES string of the molecule is CC1CCN(CC(=O)N2CCOCC2)C(C(=O)O)C1. The van der Waals surface area contributed by atoms with Crippen LogP contribution in [0.3, 0.4) is 0 Å². The third kappa shape index (κ3) is 3.67. The monoisotopic (exact) mass is 270 g/mol. The molecular weight excluding hydrogens is 248 g/mol. The second-order valence-corrected chi connectivity index (χ2v) is 5.45. The van der Waals surface area contributed by atoms with Crippen LogP contribution in [0.15, 0.2) is 0 Å². The molecule has 0 bridgehead atoms. The number of hydrogen-bond acceptors (Lipinski definition) is 4. The molecule has 1 amide bonds. The van der Waals surface area contributed by atoms with Crippen molar-refractivity contribution in [3.8, 4) is 0 Å². The molecule has 0 aromatic carbocycles. The summed E-state index contributed by atoms with van der Waals surface area (Å²) in [5.74, 6) is -0.388. The molecule has 6 heteroatoms. The molecule has 2 saturated heterocycles. The van der Waals surface area contributed by atoms with E-state index < -0.39 is 12.0 Å². The summed E-state index contributed by atoms with van der Waals surface area (Å²) in [6.07, 6.45) is 1.59. The van der Waals surface area contributed by atoms with Gasteiger partial charge in [-0.1, -0.05) is 6.92 Å². The van der Waals surface area contributed by atoms with Crippen LogP contribution in [0, 0.1) is 5.92 Å². The van der Waals surface area contributed by atoms with Crippen molar-refractivity contribution in [1.82, 2.24) is 9.80 Å². The Balaban J connectivity index is 1.92. The lowest BCUT2D eigenvalue weighted by atomic mass is 9.92. The first-order valence-electron chi connectivity index (χ1n) is 6.90. The molecule has 0 radical (unpaired) electrons. The van der Waals surface area contributed by atoms with Crippen LogP contribution in [-0.2, 0) is 14.3 Å². The molecule has 2 rings (SSSR count). The number of likely N-dealkylation sites (tertiary alicyclic amines) is 1. The maximum Gasteiger partial charge on any atom is 0.320 e. The Morgan fingerprint density at radius 3 is 2.58 bits per heavy atom. The molecule has 108 valence electrons. The fraction of sp³-hybridized carbons (Fsp3) is 0.846. The van der Waals surface area contributed by atoms with E-state index in [1.807, 2.05) is 0 Å². The standard InChI is InChI=1S/C13H22N2O4/c1-10-2-3-15(11(8-10)13(17)18)9-12(16)14-4-6-19-7-5-14/h10-11H,2-9H2,1H3,(H,17,18). The van der Waals surface area contributed by atoms with Crippen molar-refractivity contribution in [2.24, 2.45) is 5.92 Å². The van der Waals surface area contributed by atoms with E-state index in [1.54, 1.807) is 9.80 Å². The smallest absolute Gasteiger partial charge is 0.320 e. The molecule has 19 heavy (non-hydrogen) atoms. The van der Waals surface area contributed by atoms with Gasteiger partial charge in [-0.25, -0.2) is 0 Å². The van der Waals surface area contributed by atoms with Crippen molar-refractivity contribution < 1.29 is 19.4 Å². The minimum atomic E-state index is -0.818. The first kappa shape index (κ1) is 14.3. The highest BCUT2D eigenvalue weighted by Gasteiger charge is 2.33. The molecule has 0 aliphatic carbocycles. The molecule has 0 aromatic rings. The predicted octanol–water partition coefficient (Wildman–Crippen LogP) is 0.0303. The summed E-state index contributed by atoms with van der Waals surface area (Å²) in [5, 5.41) is 9.26. The van der Waals surface area contributed by atoms with E-state index in [-0.39, 0.29) is 12.5 Å². The Bertz CT molecular complexity index is 342. The number of carbonyl (C=O) groups excluding carboxylic acids is 1. The van der Waals surface area contributed by atoms with Gasteiger partial charge in [-0.2, -0.15) is 0 Å². The lowest BCUT2D eigenvalue weighted by Crippen LogP contribution is -2.52. The fourth-order valence-electron chi connectivity index (χ4n) is 2.72. The molecule has 0 aromatic heterocycles. The number of carboxylic acid groups (broad SMARTS) is 1. The number of nitrogens with zero attached hydrogens (tertiary/aromatic N) is 2. The van der Waals surface area contributed by atoms with Crippen molar-refractivity contribution in [1.29, 1.82) is 0 Å². The summed E-state index contributed by atoms with van der Waals surface area (Å²) < 4.78 is 5.21. The number of carboxylic acids is 1. The number of ether oxygens (including phenoxy) is 1. The molecule has 2 aliphatic heterocycles. The summed E-state index contributed by atoms with van der Waals surface area (Å²) in [7, 11) is 0. The number of rotatable bonds is 3. The molecule has 2 aliphatic rings. The van der Waals surface area contributed by atoms with Gasteiger partial charge in [-0.3, -0.25) is 14.5 Å². The van der Waals surface area contributed by atoms with Gasteiger partial charge < -0.3 is 14.7 Å². The van der Waals surface area contributed by atoms with Crippen LogP contribution >= 0.6 is 0 Å². The van der Waals surface area contributed by atoms with Gasteiger partial charge in [0.05, 0.1) is 19.8 Å². The zero-order valence-corrected chi connectivity index (χ0v) is 11.4. The number of amides is 1. The molecule has 2 fully saturated rings. The number of hydrogen-bond donors (Lipinski definition) is 1. The van der Waals surface area contributed by atoms with Crippen molar-refractivity contribution in [2.45, 2.75) is 25.8 Å². The van der Waals surface area contributed by atoms with E-state index in [0.29, 0.717) is 45.2 Å². The second kappa shape index (κ2) is 6.34. The zero-order valence-electron chi connectivity index (χ0n) is 11.4. The topological polar surface area (TPSA) is 70.1 Å². The van der Waals surface area contributed by atoms with Gasteiger partial charge in [0.1, 0.15) is 6.04 Å². The minimum Gasteiger partial charge on any atom is -0.480 e. The van der Waals surface area contributed by atoms with Crippen LogP contribution in [0.5, 0.6) is 0 Å². The van der Waals surface area contributed by atoms with E-state index in [2.05, 4.69) is 6.92 Å². The van der Waals surface area contributed by atoms with E-state index >= 15 is 0 Å². The van der Waals surface area contributed by atoms with Gasteiger partial charge in [-0.05, 0) is 25.3 Å². The zero-order chi connectivity index (χ0) is 13.8. The lowest BCUT2D eigenvalue weighted by Gasteiger charge is -2.37. The van der Waals surface area contributed by atoms with Crippen LogP contribution < -0.4 is 0 Å². The minimum absolute atomic E-state index is 0.0177. The predicted molar refractivity (Wildman–Crippen MR) is 68.8 cm³/mol. The molecular formula is C13H22N2O4. The van der Waals surface area contributed by atoms with Crippen molar-refractivity contribution in [3.05, 3.63) is 0 Å². The average molecular weight is 270 g/mol. The maximum atomic E-state index is 12.2. The van der Waals surface area contributed by atoms with Gasteiger partial charge >= 0.3 is 5.97 Å². The molecule has 0 saturated carbocycles. The fourth-order valence-corrected chi connectivity index (χ4v) is 2.72. The highest BCUT2D eigenvalue weighted by atomic mass is 16.5. The van der Waals surface area contributed by atoms with Gasteiger partial charge in [0.15, 0.2) is 0 Å². The Labute approximate surface area is 113 Å². The molecule has 1 N–H and O–H groups in total. The Kier molecular flexibility index (Phi) is 4.76. The van der Waals surface area contributed by atoms with Crippen LogP contribution in [0.25, 0.3) is 0 Å².